The Morgan fingerprint density at radius 2 is 1.58 bits per heavy atom. The Kier molecular flexibility index (Phi) is 5.08. The molecule has 3 heteroatoms. The SMILES string of the molecule is C#C[C@H]1C[C@H](Oc2ccc(C)cc2)[C@@H](COc2ccc(C)cc2)O1. The van der Waals surface area contributed by atoms with Crippen LogP contribution in [0.2, 0.25) is 0 Å². The molecule has 0 spiro atoms. The Hall–Kier alpha value is -2.44. The van der Waals surface area contributed by atoms with E-state index in [1.807, 2.05) is 55.5 Å². The third kappa shape index (κ3) is 4.10. The third-order valence-electron chi connectivity index (χ3n) is 4.13. The van der Waals surface area contributed by atoms with Crippen molar-refractivity contribution in [2.45, 2.75) is 38.6 Å². The first-order valence-electron chi connectivity index (χ1n) is 8.18. The van der Waals surface area contributed by atoms with Crippen LogP contribution in [-0.2, 0) is 4.74 Å². The van der Waals surface area contributed by atoms with Gasteiger partial charge in [-0.2, -0.15) is 0 Å². The quantitative estimate of drug-likeness (QED) is 0.781. The molecule has 1 aliphatic heterocycles. The Balaban J connectivity index is 1.63. The van der Waals surface area contributed by atoms with E-state index in [1.165, 1.54) is 11.1 Å². The van der Waals surface area contributed by atoms with Gasteiger partial charge >= 0.3 is 0 Å². The van der Waals surface area contributed by atoms with Gasteiger partial charge in [-0.25, -0.2) is 0 Å². The van der Waals surface area contributed by atoms with E-state index in [2.05, 4.69) is 12.8 Å². The van der Waals surface area contributed by atoms with Crippen LogP contribution >= 0.6 is 0 Å². The fraction of sp³-hybridized carbons (Fsp3) is 0.333. The summed E-state index contributed by atoms with van der Waals surface area (Å²) in [5.74, 6) is 4.31. The van der Waals surface area contributed by atoms with Gasteiger partial charge in [0.1, 0.15) is 36.4 Å². The van der Waals surface area contributed by atoms with Crippen LogP contribution in [0.1, 0.15) is 17.5 Å². The first-order chi connectivity index (χ1) is 11.6. The summed E-state index contributed by atoms with van der Waals surface area (Å²) in [7, 11) is 0. The minimum atomic E-state index is -0.230. The van der Waals surface area contributed by atoms with Crippen LogP contribution in [0.3, 0.4) is 0 Å². The maximum absolute atomic E-state index is 6.08. The topological polar surface area (TPSA) is 27.7 Å². The molecular weight excluding hydrogens is 300 g/mol. The highest BCUT2D eigenvalue weighted by Crippen LogP contribution is 2.26. The first kappa shape index (κ1) is 16.4. The Morgan fingerprint density at radius 3 is 2.17 bits per heavy atom. The summed E-state index contributed by atoms with van der Waals surface area (Å²) < 4.78 is 17.8. The molecule has 24 heavy (non-hydrogen) atoms. The predicted octanol–water partition coefficient (Wildman–Crippen LogP) is 3.92. The smallest absolute Gasteiger partial charge is 0.132 e. The maximum atomic E-state index is 6.08. The number of ether oxygens (including phenoxy) is 3. The van der Waals surface area contributed by atoms with Gasteiger partial charge < -0.3 is 14.2 Å². The summed E-state index contributed by atoms with van der Waals surface area (Å²) in [6.07, 6.45) is 5.67. The maximum Gasteiger partial charge on any atom is 0.132 e. The van der Waals surface area contributed by atoms with E-state index < -0.39 is 0 Å². The molecule has 124 valence electrons. The Bertz CT molecular complexity index is 697. The highest BCUT2D eigenvalue weighted by atomic mass is 16.6. The van der Waals surface area contributed by atoms with E-state index in [0.29, 0.717) is 13.0 Å². The number of aryl methyl sites for hydroxylation is 2. The molecule has 3 rings (SSSR count). The molecule has 1 fully saturated rings. The van der Waals surface area contributed by atoms with Gasteiger partial charge in [0, 0.05) is 6.42 Å². The number of hydrogen-bond acceptors (Lipinski definition) is 3. The molecule has 2 aromatic carbocycles. The van der Waals surface area contributed by atoms with E-state index >= 15 is 0 Å². The molecule has 1 aliphatic rings. The number of terminal acetylenes is 1. The molecule has 2 aromatic rings. The zero-order chi connectivity index (χ0) is 16.9. The zero-order valence-electron chi connectivity index (χ0n) is 14.1. The van der Waals surface area contributed by atoms with Crippen LogP contribution in [0.15, 0.2) is 48.5 Å². The lowest BCUT2D eigenvalue weighted by molar-refractivity contribution is 0.00521. The highest BCUT2D eigenvalue weighted by Gasteiger charge is 2.36. The number of benzene rings is 2. The Morgan fingerprint density at radius 1 is 1.00 bits per heavy atom. The summed E-state index contributed by atoms with van der Waals surface area (Å²) in [5.41, 5.74) is 2.40. The van der Waals surface area contributed by atoms with Crippen molar-refractivity contribution < 1.29 is 14.2 Å². The second-order valence-electron chi connectivity index (χ2n) is 6.16. The van der Waals surface area contributed by atoms with Crippen molar-refractivity contribution in [3.8, 4) is 23.8 Å². The van der Waals surface area contributed by atoms with Gasteiger partial charge in [0.25, 0.3) is 0 Å². The van der Waals surface area contributed by atoms with Gasteiger partial charge in [0.2, 0.25) is 0 Å². The van der Waals surface area contributed by atoms with Crippen LogP contribution in [0.25, 0.3) is 0 Å². The third-order valence-corrected chi connectivity index (χ3v) is 4.13. The fourth-order valence-corrected chi connectivity index (χ4v) is 2.70. The summed E-state index contributed by atoms with van der Waals surface area (Å²) >= 11 is 0. The van der Waals surface area contributed by atoms with Crippen molar-refractivity contribution in [3.05, 3.63) is 59.7 Å². The zero-order valence-corrected chi connectivity index (χ0v) is 14.1. The van der Waals surface area contributed by atoms with Crippen LogP contribution in [0.4, 0.5) is 0 Å². The second-order valence-corrected chi connectivity index (χ2v) is 6.16. The van der Waals surface area contributed by atoms with E-state index in [4.69, 9.17) is 20.6 Å². The largest absolute Gasteiger partial charge is 0.491 e. The average molecular weight is 322 g/mol. The van der Waals surface area contributed by atoms with Gasteiger partial charge in [-0.15, -0.1) is 6.42 Å². The van der Waals surface area contributed by atoms with Gasteiger partial charge in [0.15, 0.2) is 0 Å². The molecule has 0 amide bonds. The lowest BCUT2D eigenvalue weighted by Gasteiger charge is -2.20. The molecule has 0 aliphatic carbocycles. The van der Waals surface area contributed by atoms with E-state index in [1.54, 1.807) is 0 Å². The van der Waals surface area contributed by atoms with Crippen LogP contribution < -0.4 is 9.47 Å². The minimum absolute atomic E-state index is 0.112. The normalized spacial score (nSPS) is 22.8. The predicted molar refractivity (Wildman–Crippen MR) is 94.4 cm³/mol. The van der Waals surface area contributed by atoms with Crippen molar-refractivity contribution >= 4 is 0 Å². The fourth-order valence-electron chi connectivity index (χ4n) is 2.70. The highest BCUT2D eigenvalue weighted by molar-refractivity contribution is 5.27. The molecule has 1 saturated heterocycles. The summed E-state index contributed by atoms with van der Waals surface area (Å²) in [6, 6.07) is 16.0. The molecule has 3 atom stereocenters. The standard InChI is InChI=1S/C21H22O3/c1-4-17-13-20(24-19-11-7-16(3)8-12-19)21(23-17)14-22-18-9-5-15(2)6-10-18/h1,5-12,17,20-21H,13-14H2,2-3H3/t17-,20-,21+/m0/s1. The van der Waals surface area contributed by atoms with Gasteiger partial charge in [-0.3, -0.25) is 0 Å². The van der Waals surface area contributed by atoms with Gasteiger partial charge in [0.05, 0.1) is 0 Å². The van der Waals surface area contributed by atoms with Crippen molar-refractivity contribution in [1.82, 2.24) is 0 Å². The summed E-state index contributed by atoms with van der Waals surface area (Å²) in [6.45, 7) is 4.51. The second kappa shape index (κ2) is 7.42. The van der Waals surface area contributed by atoms with E-state index in [0.717, 1.165) is 11.5 Å². The van der Waals surface area contributed by atoms with Gasteiger partial charge in [-0.1, -0.05) is 41.3 Å². The summed E-state index contributed by atoms with van der Waals surface area (Å²) in [4.78, 5) is 0. The van der Waals surface area contributed by atoms with Crippen molar-refractivity contribution in [1.29, 1.82) is 0 Å². The number of rotatable bonds is 5. The molecule has 0 unspecified atom stereocenters. The van der Waals surface area contributed by atoms with Crippen LogP contribution in [0.5, 0.6) is 11.5 Å². The van der Waals surface area contributed by atoms with E-state index in [9.17, 15) is 0 Å². The minimum Gasteiger partial charge on any atom is -0.491 e. The summed E-state index contributed by atoms with van der Waals surface area (Å²) in [5, 5.41) is 0. The van der Waals surface area contributed by atoms with Crippen molar-refractivity contribution in [2.24, 2.45) is 0 Å². The van der Waals surface area contributed by atoms with Gasteiger partial charge in [-0.05, 0) is 38.1 Å². The molecule has 0 N–H and O–H groups in total. The molecule has 1 heterocycles. The molecular formula is C21H22O3. The molecule has 3 nitrogen and oxygen atoms in total. The monoisotopic (exact) mass is 322 g/mol. The van der Waals surface area contributed by atoms with Crippen molar-refractivity contribution in [2.75, 3.05) is 6.61 Å². The van der Waals surface area contributed by atoms with Crippen LogP contribution in [0, 0.1) is 26.2 Å². The van der Waals surface area contributed by atoms with E-state index in [-0.39, 0.29) is 18.3 Å². The van der Waals surface area contributed by atoms with Crippen LogP contribution in [-0.4, -0.2) is 24.9 Å². The molecule has 0 saturated carbocycles. The first-order valence-corrected chi connectivity index (χ1v) is 8.18. The molecule has 0 bridgehead atoms. The molecule has 0 aromatic heterocycles. The Labute approximate surface area is 143 Å². The lowest BCUT2D eigenvalue weighted by atomic mass is 10.1. The van der Waals surface area contributed by atoms with Crippen molar-refractivity contribution in [3.63, 3.8) is 0 Å². The number of hydrogen-bond donors (Lipinski definition) is 0. The molecule has 0 radical (unpaired) electrons. The average Bonchev–Trinajstić information content (AvgIpc) is 2.98. The lowest BCUT2D eigenvalue weighted by Crippen LogP contribution is -2.32.